The van der Waals surface area contributed by atoms with Crippen LogP contribution in [0.5, 0.6) is 0 Å². The Kier molecular flexibility index (Phi) is 5.53. The minimum Gasteiger partial charge on any atom is -0.384 e. The molecule has 0 spiro atoms. The number of fused-ring (bicyclic) bond motifs is 1. The fourth-order valence-corrected chi connectivity index (χ4v) is 3.41. The van der Waals surface area contributed by atoms with E-state index in [0.29, 0.717) is 32.5 Å². The number of hydrogen-bond acceptors (Lipinski definition) is 3. The molecular weight excluding hydrogens is 326 g/mol. The van der Waals surface area contributed by atoms with E-state index in [0.717, 1.165) is 22.8 Å². The monoisotopic (exact) mass is 347 g/mol. The van der Waals surface area contributed by atoms with Crippen LogP contribution >= 0.6 is 11.6 Å². The van der Waals surface area contributed by atoms with Gasteiger partial charge in [0.2, 0.25) is 5.91 Å². The molecular formula is C18H22ClN3O2. The lowest BCUT2D eigenvalue weighted by atomic mass is 10.1. The van der Waals surface area contributed by atoms with Gasteiger partial charge in [0.25, 0.3) is 0 Å². The SMILES string of the molecule is COC[C@@H]1CN(C(=O)CCc2ccccc2Cl)Cc2cncn2C1. The molecule has 1 aromatic carbocycles. The Balaban J connectivity index is 1.68. The molecule has 0 saturated heterocycles. The van der Waals surface area contributed by atoms with Gasteiger partial charge in [-0.25, -0.2) is 4.98 Å². The number of carbonyl (C=O) groups excluding carboxylic acids is 1. The summed E-state index contributed by atoms with van der Waals surface area (Å²) in [6.07, 6.45) is 4.78. The summed E-state index contributed by atoms with van der Waals surface area (Å²) < 4.78 is 7.43. The van der Waals surface area contributed by atoms with Crippen molar-refractivity contribution in [3.63, 3.8) is 0 Å². The Bertz CT molecular complexity index is 701. The zero-order chi connectivity index (χ0) is 16.9. The average molecular weight is 348 g/mol. The molecule has 0 N–H and O–H groups in total. The van der Waals surface area contributed by atoms with E-state index in [1.54, 1.807) is 7.11 Å². The Morgan fingerprint density at radius 3 is 3.00 bits per heavy atom. The fraction of sp³-hybridized carbons (Fsp3) is 0.444. The molecule has 6 heteroatoms. The number of benzene rings is 1. The van der Waals surface area contributed by atoms with Crippen LogP contribution < -0.4 is 0 Å². The number of aryl methyl sites for hydroxylation is 1. The summed E-state index contributed by atoms with van der Waals surface area (Å²) in [5, 5.41) is 0.719. The van der Waals surface area contributed by atoms with Crippen molar-refractivity contribution in [1.82, 2.24) is 14.5 Å². The van der Waals surface area contributed by atoms with Gasteiger partial charge in [0, 0.05) is 43.8 Å². The smallest absolute Gasteiger partial charge is 0.223 e. The van der Waals surface area contributed by atoms with Crippen molar-refractivity contribution in [3.05, 3.63) is 53.1 Å². The van der Waals surface area contributed by atoms with E-state index < -0.39 is 0 Å². The molecule has 2 aromatic rings. The van der Waals surface area contributed by atoms with Crippen LogP contribution in [0.3, 0.4) is 0 Å². The first-order valence-corrected chi connectivity index (χ1v) is 8.54. The van der Waals surface area contributed by atoms with Crippen molar-refractivity contribution in [2.45, 2.75) is 25.9 Å². The van der Waals surface area contributed by atoms with Crippen LogP contribution in [0.25, 0.3) is 0 Å². The lowest BCUT2D eigenvalue weighted by Gasteiger charge is -2.24. The number of hydrogen-bond donors (Lipinski definition) is 0. The molecule has 1 amide bonds. The summed E-state index contributed by atoms with van der Waals surface area (Å²) in [4.78, 5) is 18.9. The van der Waals surface area contributed by atoms with E-state index in [1.165, 1.54) is 0 Å². The number of carbonyl (C=O) groups is 1. The third kappa shape index (κ3) is 3.97. The predicted octanol–water partition coefficient (Wildman–Crippen LogP) is 2.77. The number of amides is 1. The molecule has 1 atom stereocenters. The maximum absolute atomic E-state index is 12.7. The highest BCUT2D eigenvalue weighted by Gasteiger charge is 2.25. The van der Waals surface area contributed by atoms with Gasteiger partial charge in [-0.3, -0.25) is 4.79 Å². The first-order chi connectivity index (χ1) is 11.7. The number of nitrogens with zero attached hydrogens (tertiary/aromatic N) is 3. The molecule has 0 fully saturated rings. The highest BCUT2D eigenvalue weighted by atomic mass is 35.5. The second-order valence-electron chi connectivity index (χ2n) is 6.22. The minimum absolute atomic E-state index is 0.144. The van der Waals surface area contributed by atoms with Gasteiger partial charge in [-0.1, -0.05) is 29.8 Å². The molecule has 0 bridgehead atoms. The van der Waals surface area contributed by atoms with Crippen molar-refractivity contribution in [3.8, 4) is 0 Å². The molecule has 3 rings (SSSR count). The summed E-state index contributed by atoms with van der Waals surface area (Å²) in [6.45, 7) is 2.77. The summed E-state index contributed by atoms with van der Waals surface area (Å²) in [5.74, 6) is 0.417. The van der Waals surface area contributed by atoms with Gasteiger partial charge in [0.05, 0.1) is 25.2 Å². The van der Waals surface area contributed by atoms with Crippen LogP contribution in [0, 0.1) is 5.92 Å². The topological polar surface area (TPSA) is 47.4 Å². The third-order valence-electron chi connectivity index (χ3n) is 4.41. The summed E-state index contributed by atoms with van der Waals surface area (Å²) in [5.41, 5.74) is 2.08. The zero-order valence-corrected chi connectivity index (χ0v) is 14.6. The predicted molar refractivity (Wildman–Crippen MR) is 92.8 cm³/mol. The molecule has 1 aliphatic rings. The first kappa shape index (κ1) is 17.0. The molecule has 1 aliphatic heterocycles. The van der Waals surface area contributed by atoms with Crippen LogP contribution in [-0.4, -0.2) is 40.6 Å². The Morgan fingerprint density at radius 2 is 2.21 bits per heavy atom. The summed E-state index contributed by atoms with van der Waals surface area (Å²) in [7, 11) is 1.70. The maximum Gasteiger partial charge on any atom is 0.223 e. The van der Waals surface area contributed by atoms with E-state index in [2.05, 4.69) is 9.55 Å². The van der Waals surface area contributed by atoms with E-state index in [9.17, 15) is 4.79 Å². The lowest BCUT2D eigenvalue weighted by Crippen LogP contribution is -2.35. The van der Waals surface area contributed by atoms with E-state index in [1.807, 2.05) is 41.7 Å². The number of halogens is 1. The molecule has 128 valence electrons. The lowest BCUT2D eigenvalue weighted by molar-refractivity contribution is -0.132. The van der Waals surface area contributed by atoms with Gasteiger partial charge < -0.3 is 14.2 Å². The van der Waals surface area contributed by atoms with E-state index >= 15 is 0 Å². The van der Waals surface area contributed by atoms with Crippen LogP contribution in [0.15, 0.2) is 36.8 Å². The van der Waals surface area contributed by atoms with Crippen LogP contribution in [-0.2, 0) is 29.0 Å². The fourth-order valence-electron chi connectivity index (χ4n) is 3.18. The number of imidazole rings is 1. The Hall–Kier alpha value is -1.85. The van der Waals surface area contributed by atoms with Crippen molar-refractivity contribution in [2.24, 2.45) is 5.92 Å². The number of methoxy groups -OCH3 is 1. The first-order valence-electron chi connectivity index (χ1n) is 8.16. The van der Waals surface area contributed by atoms with Crippen LogP contribution in [0.4, 0.5) is 0 Å². The summed E-state index contributed by atoms with van der Waals surface area (Å²) >= 11 is 6.18. The van der Waals surface area contributed by atoms with Gasteiger partial charge in [0.1, 0.15) is 0 Å². The largest absolute Gasteiger partial charge is 0.384 e. The van der Waals surface area contributed by atoms with E-state index in [4.69, 9.17) is 16.3 Å². The highest BCUT2D eigenvalue weighted by molar-refractivity contribution is 6.31. The van der Waals surface area contributed by atoms with Crippen molar-refractivity contribution in [1.29, 1.82) is 0 Å². The number of aromatic nitrogens is 2. The molecule has 0 unspecified atom stereocenters. The van der Waals surface area contributed by atoms with Crippen LogP contribution in [0.1, 0.15) is 17.7 Å². The van der Waals surface area contributed by atoms with Crippen molar-refractivity contribution < 1.29 is 9.53 Å². The molecule has 0 saturated carbocycles. The molecule has 0 aliphatic carbocycles. The quantitative estimate of drug-likeness (QED) is 0.835. The van der Waals surface area contributed by atoms with Crippen molar-refractivity contribution in [2.75, 3.05) is 20.3 Å². The van der Waals surface area contributed by atoms with Gasteiger partial charge in [0.15, 0.2) is 0 Å². The second kappa shape index (κ2) is 7.81. The molecule has 0 radical (unpaired) electrons. The van der Waals surface area contributed by atoms with Gasteiger partial charge >= 0.3 is 0 Å². The Morgan fingerprint density at radius 1 is 1.38 bits per heavy atom. The van der Waals surface area contributed by atoms with Crippen LogP contribution in [0.2, 0.25) is 5.02 Å². The normalized spacial score (nSPS) is 17.4. The van der Waals surface area contributed by atoms with Gasteiger partial charge in [-0.2, -0.15) is 0 Å². The summed E-state index contributed by atoms with van der Waals surface area (Å²) in [6, 6.07) is 7.69. The average Bonchev–Trinajstić information content (AvgIpc) is 2.93. The number of ether oxygens (including phenoxy) is 1. The molecule has 24 heavy (non-hydrogen) atoms. The molecule has 1 aromatic heterocycles. The van der Waals surface area contributed by atoms with Gasteiger partial charge in [-0.15, -0.1) is 0 Å². The third-order valence-corrected chi connectivity index (χ3v) is 4.77. The Labute approximate surface area is 147 Å². The minimum atomic E-state index is 0.144. The van der Waals surface area contributed by atoms with E-state index in [-0.39, 0.29) is 11.8 Å². The van der Waals surface area contributed by atoms with Crippen molar-refractivity contribution >= 4 is 17.5 Å². The highest BCUT2D eigenvalue weighted by Crippen LogP contribution is 2.20. The molecule has 5 nitrogen and oxygen atoms in total. The maximum atomic E-state index is 12.7. The number of rotatable bonds is 5. The second-order valence-corrected chi connectivity index (χ2v) is 6.63. The zero-order valence-electron chi connectivity index (χ0n) is 13.8. The standard InChI is InChI=1S/C18H22ClN3O2/c1-24-12-14-9-21(11-16-8-20-13-22(16)10-14)18(23)7-6-15-4-2-3-5-17(15)19/h2-5,8,13-14H,6-7,9-12H2,1H3/t14-/m1/s1. The van der Waals surface area contributed by atoms with Gasteiger partial charge in [-0.05, 0) is 18.1 Å². The molecule has 2 heterocycles.